The SMILES string of the molecule is CCC1CC(N)C(CC)(C(=O)O)C1. The van der Waals surface area contributed by atoms with Crippen LogP contribution >= 0.6 is 0 Å². The zero-order valence-electron chi connectivity index (χ0n) is 8.42. The zero-order valence-corrected chi connectivity index (χ0v) is 8.42. The normalized spacial score (nSPS) is 39.3. The van der Waals surface area contributed by atoms with Gasteiger partial charge in [-0.3, -0.25) is 4.79 Å². The zero-order chi connectivity index (χ0) is 10.1. The van der Waals surface area contributed by atoms with Crippen molar-refractivity contribution in [3.05, 3.63) is 0 Å². The van der Waals surface area contributed by atoms with Crippen molar-refractivity contribution in [3.8, 4) is 0 Å². The largest absolute Gasteiger partial charge is 0.481 e. The molecule has 0 aliphatic heterocycles. The Kier molecular flexibility index (Phi) is 2.96. The van der Waals surface area contributed by atoms with Crippen LogP contribution in [-0.4, -0.2) is 17.1 Å². The highest BCUT2D eigenvalue weighted by atomic mass is 16.4. The quantitative estimate of drug-likeness (QED) is 0.702. The third-order valence-electron chi connectivity index (χ3n) is 3.58. The molecular weight excluding hydrogens is 166 g/mol. The first-order valence-electron chi connectivity index (χ1n) is 5.05. The molecule has 1 rings (SSSR count). The summed E-state index contributed by atoms with van der Waals surface area (Å²) in [6.07, 6.45) is 3.33. The van der Waals surface area contributed by atoms with Crippen LogP contribution in [0.5, 0.6) is 0 Å². The van der Waals surface area contributed by atoms with Crippen molar-refractivity contribution in [3.63, 3.8) is 0 Å². The van der Waals surface area contributed by atoms with Crippen LogP contribution in [0.25, 0.3) is 0 Å². The third kappa shape index (κ3) is 1.57. The number of hydrogen-bond acceptors (Lipinski definition) is 2. The molecule has 0 aromatic heterocycles. The Morgan fingerprint density at radius 3 is 2.46 bits per heavy atom. The first kappa shape index (κ1) is 10.5. The molecule has 0 aromatic rings. The topological polar surface area (TPSA) is 63.3 Å². The number of carboxylic acid groups (broad SMARTS) is 1. The first-order valence-corrected chi connectivity index (χ1v) is 5.05. The van der Waals surface area contributed by atoms with Crippen molar-refractivity contribution >= 4 is 5.97 Å². The average Bonchev–Trinajstić information content (AvgIpc) is 2.43. The summed E-state index contributed by atoms with van der Waals surface area (Å²) < 4.78 is 0. The molecule has 1 aliphatic rings. The maximum atomic E-state index is 11.1. The van der Waals surface area contributed by atoms with Gasteiger partial charge in [0.05, 0.1) is 5.41 Å². The van der Waals surface area contributed by atoms with E-state index in [1.54, 1.807) is 0 Å². The average molecular weight is 185 g/mol. The van der Waals surface area contributed by atoms with Crippen LogP contribution < -0.4 is 5.73 Å². The minimum absolute atomic E-state index is 0.153. The van der Waals surface area contributed by atoms with Crippen LogP contribution in [0.4, 0.5) is 0 Å². The van der Waals surface area contributed by atoms with E-state index in [9.17, 15) is 4.79 Å². The standard InChI is InChI=1S/C10H19NO2/c1-3-7-5-8(11)10(4-2,6-7)9(12)13/h7-8H,3-6,11H2,1-2H3,(H,12,13). The molecular formula is C10H19NO2. The molecule has 0 heterocycles. The molecule has 0 amide bonds. The summed E-state index contributed by atoms with van der Waals surface area (Å²) in [5, 5.41) is 9.17. The number of hydrogen-bond donors (Lipinski definition) is 2. The molecule has 0 saturated heterocycles. The fourth-order valence-electron chi connectivity index (χ4n) is 2.45. The van der Waals surface area contributed by atoms with E-state index in [1.807, 2.05) is 6.92 Å². The van der Waals surface area contributed by atoms with E-state index in [2.05, 4.69) is 6.92 Å². The molecule has 0 aromatic carbocycles. The fraction of sp³-hybridized carbons (Fsp3) is 0.900. The second-order valence-corrected chi connectivity index (χ2v) is 4.14. The van der Waals surface area contributed by atoms with Crippen LogP contribution in [0.3, 0.4) is 0 Å². The van der Waals surface area contributed by atoms with Gasteiger partial charge in [-0.2, -0.15) is 0 Å². The lowest BCUT2D eigenvalue weighted by Crippen LogP contribution is -2.42. The summed E-state index contributed by atoms with van der Waals surface area (Å²) in [7, 11) is 0. The Morgan fingerprint density at radius 2 is 2.23 bits per heavy atom. The molecule has 3 atom stereocenters. The monoisotopic (exact) mass is 185 g/mol. The molecule has 0 bridgehead atoms. The molecule has 13 heavy (non-hydrogen) atoms. The molecule has 76 valence electrons. The predicted octanol–water partition coefficient (Wildman–Crippen LogP) is 1.61. The third-order valence-corrected chi connectivity index (χ3v) is 3.58. The molecule has 3 unspecified atom stereocenters. The summed E-state index contributed by atoms with van der Waals surface area (Å²) in [5.74, 6) is -0.204. The van der Waals surface area contributed by atoms with Crippen molar-refractivity contribution in [1.82, 2.24) is 0 Å². The van der Waals surface area contributed by atoms with Gasteiger partial charge in [0, 0.05) is 6.04 Å². The molecule has 1 saturated carbocycles. The first-order chi connectivity index (χ1) is 6.06. The second kappa shape index (κ2) is 3.66. The summed E-state index contributed by atoms with van der Waals surface area (Å²) >= 11 is 0. The lowest BCUT2D eigenvalue weighted by atomic mass is 9.80. The molecule has 0 spiro atoms. The number of rotatable bonds is 3. The number of aliphatic carboxylic acids is 1. The van der Waals surface area contributed by atoms with E-state index >= 15 is 0 Å². The van der Waals surface area contributed by atoms with Gasteiger partial charge >= 0.3 is 5.97 Å². The van der Waals surface area contributed by atoms with Crippen LogP contribution in [0.15, 0.2) is 0 Å². The van der Waals surface area contributed by atoms with Gasteiger partial charge in [0.1, 0.15) is 0 Å². The number of carbonyl (C=O) groups is 1. The maximum absolute atomic E-state index is 11.1. The van der Waals surface area contributed by atoms with Gasteiger partial charge < -0.3 is 10.8 Å². The Balaban J connectivity index is 2.82. The van der Waals surface area contributed by atoms with Crippen molar-refractivity contribution < 1.29 is 9.90 Å². The highest BCUT2D eigenvalue weighted by molar-refractivity contribution is 5.76. The van der Waals surface area contributed by atoms with Crippen LogP contribution in [0, 0.1) is 11.3 Å². The Morgan fingerprint density at radius 1 is 1.62 bits per heavy atom. The molecule has 1 aliphatic carbocycles. The minimum atomic E-state index is -0.710. The highest BCUT2D eigenvalue weighted by Crippen LogP contribution is 2.44. The molecule has 3 heteroatoms. The van der Waals surface area contributed by atoms with Crippen molar-refractivity contribution in [2.24, 2.45) is 17.1 Å². The van der Waals surface area contributed by atoms with Crippen molar-refractivity contribution in [1.29, 1.82) is 0 Å². The molecule has 3 N–H and O–H groups in total. The van der Waals surface area contributed by atoms with Gasteiger partial charge in [-0.25, -0.2) is 0 Å². The van der Waals surface area contributed by atoms with E-state index in [-0.39, 0.29) is 6.04 Å². The highest BCUT2D eigenvalue weighted by Gasteiger charge is 2.49. The Labute approximate surface area is 79.3 Å². The Bertz CT molecular complexity index is 205. The van der Waals surface area contributed by atoms with Crippen molar-refractivity contribution in [2.75, 3.05) is 0 Å². The van der Waals surface area contributed by atoms with E-state index in [4.69, 9.17) is 10.8 Å². The van der Waals surface area contributed by atoms with Crippen LogP contribution in [0.1, 0.15) is 39.5 Å². The smallest absolute Gasteiger partial charge is 0.311 e. The minimum Gasteiger partial charge on any atom is -0.481 e. The van der Waals surface area contributed by atoms with Crippen LogP contribution in [0.2, 0.25) is 0 Å². The van der Waals surface area contributed by atoms with E-state index in [0.29, 0.717) is 12.3 Å². The summed E-state index contributed by atoms with van der Waals surface area (Å²) in [4.78, 5) is 11.1. The van der Waals surface area contributed by atoms with Gasteiger partial charge in [0.15, 0.2) is 0 Å². The van der Waals surface area contributed by atoms with Gasteiger partial charge in [-0.15, -0.1) is 0 Å². The summed E-state index contributed by atoms with van der Waals surface area (Å²) in [6.45, 7) is 4.02. The van der Waals surface area contributed by atoms with Gasteiger partial charge in [0.25, 0.3) is 0 Å². The van der Waals surface area contributed by atoms with Gasteiger partial charge in [0.2, 0.25) is 0 Å². The fourth-order valence-corrected chi connectivity index (χ4v) is 2.45. The van der Waals surface area contributed by atoms with Gasteiger partial charge in [-0.1, -0.05) is 20.3 Å². The van der Waals surface area contributed by atoms with Crippen molar-refractivity contribution in [2.45, 2.75) is 45.6 Å². The lowest BCUT2D eigenvalue weighted by Gasteiger charge is -2.27. The molecule has 1 fully saturated rings. The van der Waals surface area contributed by atoms with Gasteiger partial charge in [-0.05, 0) is 25.2 Å². The molecule has 3 nitrogen and oxygen atoms in total. The summed E-state index contributed by atoms with van der Waals surface area (Å²) in [5.41, 5.74) is 5.27. The second-order valence-electron chi connectivity index (χ2n) is 4.14. The Hall–Kier alpha value is -0.570. The van der Waals surface area contributed by atoms with Crippen LogP contribution in [-0.2, 0) is 4.79 Å². The van der Waals surface area contributed by atoms with E-state index in [1.165, 1.54) is 0 Å². The van der Waals surface area contributed by atoms with E-state index in [0.717, 1.165) is 19.3 Å². The predicted molar refractivity (Wildman–Crippen MR) is 51.4 cm³/mol. The molecule has 0 radical (unpaired) electrons. The number of carboxylic acids is 1. The summed E-state index contributed by atoms with van der Waals surface area (Å²) in [6, 6.07) is -0.153. The van der Waals surface area contributed by atoms with E-state index < -0.39 is 11.4 Å². The number of nitrogens with two attached hydrogens (primary N) is 1. The lowest BCUT2D eigenvalue weighted by molar-refractivity contribution is -0.149. The maximum Gasteiger partial charge on any atom is 0.311 e.